The molecule has 0 heterocycles. The van der Waals surface area contributed by atoms with Crippen LogP contribution in [0.3, 0.4) is 0 Å². The minimum atomic E-state index is -0.310. The summed E-state index contributed by atoms with van der Waals surface area (Å²) >= 11 is 0. The van der Waals surface area contributed by atoms with Gasteiger partial charge in [0.1, 0.15) is 17.4 Å². The lowest BCUT2D eigenvalue weighted by molar-refractivity contribution is 0.304. The molecule has 1 unspecified atom stereocenters. The third-order valence-electron chi connectivity index (χ3n) is 3.15. The lowest BCUT2D eigenvalue weighted by Gasteiger charge is -2.10. The van der Waals surface area contributed by atoms with Crippen molar-refractivity contribution < 1.29 is 13.5 Å². The van der Waals surface area contributed by atoms with Crippen molar-refractivity contribution in [3.63, 3.8) is 0 Å². The first kappa shape index (κ1) is 15.0. The van der Waals surface area contributed by atoms with Crippen LogP contribution in [0.5, 0.6) is 5.75 Å². The summed E-state index contributed by atoms with van der Waals surface area (Å²) in [5.74, 6) is -0.285. The molecule has 1 atom stereocenters. The molecule has 0 fully saturated rings. The van der Waals surface area contributed by atoms with Gasteiger partial charge >= 0.3 is 0 Å². The maximum Gasteiger partial charge on any atom is 0.123 e. The average molecular weight is 287 g/mol. The van der Waals surface area contributed by atoms with Crippen molar-refractivity contribution in [3.05, 3.63) is 65.7 Å². The highest BCUT2D eigenvalue weighted by atomic mass is 19.1. The fourth-order valence-corrected chi connectivity index (χ4v) is 2.01. The van der Waals surface area contributed by atoms with E-state index in [2.05, 4.69) is 6.07 Å². The second-order valence-electron chi connectivity index (χ2n) is 4.68. The quantitative estimate of drug-likeness (QED) is 0.736. The Hall–Kier alpha value is -2.41. The standard InChI is InChI=1S/C17H15F2NO/c18-15-5-3-13(4-6-15)14(12-20)2-1-11-21-17-9-7-16(19)8-10-17/h3-10,14H,1-2,11H2. The lowest BCUT2D eigenvalue weighted by Crippen LogP contribution is -2.02. The topological polar surface area (TPSA) is 33.0 Å². The van der Waals surface area contributed by atoms with E-state index >= 15 is 0 Å². The molecule has 0 aliphatic carbocycles. The Bertz CT molecular complexity index is 602. The van der Waals surface area contributed by atoms with E-state index in [-0.39, 0.29) is 17.6 Å². The van der Waals surface area contributed by atoms with Crippen LogP contribution < -0.4 is 4.74 Å². The summed E-state index contributed by atoms with van der Waals surface area (Å²) in [5, 5.41) is 9.17. The summed E-state index contributed by atoms with van der Waals surface area (Å²) in [6, 6.07) is 14.0. The first-order valence-corrected chi connectivity index (χ1v) is 6.72. The molecule has 21 heavy (non-hydrogen) atoms. The zero-order valence-corrected chi connectivity index (χ0v) is 11.4. The van der Waals surface area contributed by atoms with E-state index in [0.29, 0.717) is 25.2 Å². The van der Waals surface area contributed by atoms with E-state index in [1.165, 1.54) is 24.3 Å². The normalized spacial score (nSPS) is 11.7. The van der Waals surface area contributed by atoms with E-state index in [0.717, 1.165) is 5.56 Å². The van der Waals surface area contributed by atoms with Gasteiger partial charge in [0.2, 0.25) is 0 Å². The van der Waals surface area contributed by atoms with Gasteiger partial charge in [0.05, 0.1) is 18.6 Å². The molecule has 4 heteroatoms. The van der Waals surface area contributed by atoms with Crippen LogP contribution in [0.25, 0.3) is 0 Å². The van der Waals surface area contributed by atoms with E-state index < -0.39 is 0 Å². The molecule has 0 radical (unpaired) electrons. The van der Waals surface area contributed by atoms with E-state index in [9.17, 15) is 8.78 Å². The predicted octanol–water partition coefficient (Wildman–Crippen LogP) is 4.43. The molecular weight excluding hydrogens is 272 g/mol. The summed E-state index contributed by atoms with van der Waals surface area (Å²) < 4.78 is 31.0. The lowest BCUT2D eigenvalue weighted by atomic mass is 9.96. The molecule has 2 rings (SSSR count). The summed E-state index contributed by atoms with van der Waals surface area (Å²) in [6.07, 6.45) is 1.32. The Morgan fingerprint density at radius 1 is 0.952 bits per heavy atom. The van der Waals surface area contributed by atoms with Crippen molar-refractivity contribution in [2.75, 3.05) is 6.61 Å². The molecule has 0 bridgehead atoms. The number of nitrogens with zero attached hydrogens (tertiary/aromatic N) is 1. The molecule has 0 aliphatic rings. The number of hydrogen-bond donors (Lipinski definition) is 0. The molecule has 0 saturated heterocycles. The fraction of sp³-hybridized carbons (Fsp3) is 0.235. The van der Waals surface area contributed by atoms with Gasteiger partial charge in [0.25, 0.3) is 0 Å². The largest absolute Gasteiger partial charge is 0.494 e. The van der Waals surface area contributed by atoms with Gasteiger partial charge in [-0.2, -0.15) is 5.26 Å². The molecule has 0 aliphatic heterocycles. The number of benzene rings is 2. The predicted molar refractivity (Wildman–Crippen MR) is 75.9 cm³/mol. The van der Waals surface area contributed by atoms with Gasteiger partial charge in [-0.1, -0.05) is 12.1 Å². The minimum Gasteiger partial charge on any atom is -0.494 e. The molecule has 108 valence electrons. The maximum absolute atomic E-state index is 12.8. The van der Waals surface area contributed by atoms with Gasteiger partial charge in [-0.3, -0.25) is 0 Å². The highest BCUT2D eigenvalue weighted by Crippen LogP contribution is 2.21. The second kappa shape index (κ2) is 7.39. The van der Waals surface area contributed by atoms with Crippen molar-refractivity contribution in [1.29, 1.82) is 5.26 Å². The van der Waals surface area contributed by atoms with Crippen LogP contribution in [0.4, 0.5) is 8.78 Å². The molecule has 2 nitrogen and oxygen atoms in total. The van der Waals surface area contributed by atoms with Crippen molar-refractivity contribution >= 4 is 0 Å². The number of ether oxygens (including phenoxy) is 1. The van der Waals surface area contributed by atoms with Gasteiger partial charge < -0.3 is 4.74 Å². The highest BCUT2D eigenvalue weighted by molar-refractivity contribution is 5.25. The summed E-state index contributed by atoms with van der Waals surface area (Å²) in [6.45, 7) is 0.449. The monoisotopic (exact) mass is 287 g/mol. The van der Waals surface area contributed by atoms with Crippen LogP contribution in [0, 0.1) is 23.0 Å². The van der Waals surface area contributed by atoms with Crippen LogP contribution in [0.1, 0.15) is 24.3 Å². The van der Waals surface area contributed by atoms with Crippen LogP contribution in [-0.4, -0.2) is 6.61 Å². The van der Waals surface area contributed by atoms with Crippen LogP contribution in [0.15, 0.2) is 48.5 Å². The first-order valence-electron chi connectivity index (χ1n) is 6.72. The molecule has 0 saturated carbocycles. The van der Waals surface area contributed by atoms with Crippen LogP contribution in [-0.2, 0) is 0 Å². The van der Waals surface area contributed by atoms with Crippen LogP contribution >= 0.6 is 0 Å². The summed E-state index contributed by atoms with van der Waals surface area (Å²) in [7, 11) is 0. The SMILES string of the molecule is N#CC(CCCOc1ccc(F)cc1)c1ccc(F)cc1. The highest BCUT2D eigenvalue weighted by Gasteiger charge is 2.10. The Kier molecular flexibility index (Phi) is 5.28. The van der Waals surface area contributed by atoms with E-state index in [4.69, 9.17) is 10.00 Å². The third-order valence-corrected chi connectivity index (χ3v) is 3.15. The Morgan fingerprint density at radius 3 is 2.10 bits per heavy atom. The van der Waals surface area contributed by atoms with Gasteiger partial charge in [0.15, 0.2) is 0 Å². The number of halogens is 2. The fourth-order valence-electron chi connectivity index (χ4n) is 2.01. The molecule has 2 aromatic rings. The van der Waals surface area contributed by atoms with Gasteiger partial charge in [-0.15, -0.1) is 0 Å². The first-order chi connectivity index (χ1) is 10.2. The summed E-state index contributed by atoms with van der Waals surface area (Å²) in [4.78, 5) is 0. The van der Waals surface area contributed by atoms with Crippen LogP contribution in [0.2, 0.25) is 0 Å². The van der Waals surface area contributed by atoms with E-state index in [1.54, 1.807) is 24.3 Å². The van der Waals surface area contributed by atoms with E-state index in [1.807, 2.05) is 0 Å². The zero-order valence-electron chi connectivity index (χ0n) is 11.4. The minimum absolute atomic E-state index is 0.276. The number of hydrogen-bond acceptors (Lipinski definition) is 2. The Morgan fingerprint density at radius 2 is 1.52 bits per heavy atom. The summed E-state index contributed by atoms with van der Waals surface area (Å²) in [5.41, 5.74) is 0.806. The van der Waals surface area contributed by atoms with Gasteiger partial charge in [-0.05, 0) is 54.8 Å². The molecule has 0 aromatic heterocycles. The van der Waals surface area contributed by atoms with Crippen molar-refractivity contribution in [2.24, 2.45) is 0 Å². The van der Waals surface area contributed by atoms with Gasteiger partial charge in [0, 0.05) is 0 Å². The van der Waals surface area contributed by atoms with Crippen molar-refractivity contribution in [3.8, 4) is 11.8 Å². The maximum atomic E-state index is 12.8. The average Bonchev–Trinajstić information content (AvgIpc) is 2.50. The third kappa shape index (κ3) is 4.57. The number of nitriles is 1. The molecule has 0 N–H and O–H groups in total. The van der Waals surface area contributed by atoms with Crippen molar-refractivity contribution in [1.82, 2.24) is 0 Å². The molecule has 0 amide bonds. The zero-order chi connectivity index (χ0) is 15.1. The molecule has 0 spiro atoms. The van der Waals surface area contributed by atoms with Gasteiger partial charge in [-0.25, -0.2) is 8.78 Å². The molecular formula is C17H15F2NO. The molecule has 2 aromatic carbocycles. The van der Waals surface area contributed by atoms with Crippen molar-refractivity contribution in [2.45, 2.75) is 18.8 Å². The Balaban J connectivity index is 1.80. The number of rotatable bonds is 6. The smallest absolute Gasteiger partial charge is 0.123 e. The Labute approximate surface area is 122 Å². The second-order valence-corrected chi connectivity index (χ2v) is 4.68.